The van der Waals surface area contributed by atoms with Crippen LogP contribution in [0.25, 0.3) is 6.08 Å². The fraction of sp³-hybridized carbons (Fsp3) is 0.211. The lowest BCUT2D eigenvalue weighted by Crippen LogP contribution is -2.31. The Bertz CT molecular complexity index is 776. The molecule has 130 valence electrons. The maximum Gasteiger partial charge on any atom is 0.246 e. The molecule has 0 saturated heterocycles. The third kappa shape index (κ3) is 4.32. The summed E-state index contributed by atoms with van der Waals surface area (Å²) in [5, 5.41) is 9.67. The summed E-state index contributed by atoms with van der Waals surface area (Å²) in [6, 6.07) is 13.1. The lowest BCUT2D eigenvalue weighted by molar-refractivity contribution is -0.127. The summed E-state index contributed by atoms with van der Waals surface area (Å²) in [6.45, 7) is 0.747. The van der Waals surface area contributed by atoms with Gasteiger partial charge in [-0.1, -0.05) is 41.9 Å². The number of carbonyl (C=O) groups excluding carboxylic acids is 1. The number of benzene rings is 2. The van der Waals surface area contributed by atoms with Crippen molar-refractivity contribution >= 4 is 23.6 Å². The van der Waals surface area contributed by atoms with Crippen LogP contribution < -0.4 is 9.47 Å². The van der Waals surface area contributed by atoms with Crippen LogP contribution in [0, 0.1) is 0 Å². The molecule has 2 aromatic rings. The maximum atomic E-state index is 12.5. The predicted octanol–water partition coefficient (Wildman–Crippen LogP) is 3.10. The zero-order chi connectivity index (χ0) is 17.6. The second-order valence-corrected chi connectivity index (χ2v) is 5.95. The number of nitrogens with zero attached hydrogens (tertiary/aromatic N) is 1. The van der Waals surface area contributed by atoms with Crippen LogP contribution in [-0.4, -0.2) is 35.9 Å². The van der Waals surface area contributed by atoms with E-state index < -0.39 is 0 Å². The van der Waals surface area contributed by atoms with E-state index in [0.29, 0.717) is 23.1 Å². The Hall–Kier alpha value is -2.50. The van der Waals surface area contributed by atoms with Crippen LogP contribution in [-0.2, 0) is 11.3 Å². The van der Waals surface area contributed by atoms with Gasteiger partial charge in [-0.05, 0) is 29.3 Å². The highest BCUT2D eigenvalue weighted by Gasteiger charge is 2.18. The predicted molar refractivity (Wildman–Crippen MR) is 95.6 cm³/mol. The summed E-state index contributed by atoms with van der Waals surface area (Å²) in [5.41, 5.74) is 1.75. The van der Waals surface area contributed by atoms with Crippen molar-refractivity contribution < 1.29 is 19.4 Å². The smallest absolute Gasteiger partial charge is 0.246 e. The molecule has 6 heteroatoms. The van der Waals surface area contributed by atoms with Crippen molar-refractivity contribution in [1.29, 1.82) is 0 Å². The van der Waals surface area contributed by atoms with Crippen molar-refractivity contribution in [3.63, 3.8) is 0 Å². The molecule has 0 fully saturated rings. The molecule has 0 radical (unpaired) electrons. The number of hydrogen-bond acceptors (Lipinski definition) is 4. The van der Waals surface area contributed by atoms with E-state index in [4.69, 9.17) is 21.1 Å². The largest absolute Gasteiger partial charge is 0.454 e. The summed E-state index contributed by atoms with van der Waals surface area (Å²) in [4.78, 5) is 14.1. The van der Waals surface area contributed by atoms with Gasteiger partial charge in [0.2, 0.25) is 12.7 Å². The molecule has 1 aliphatic heterocycles. The number of aliphatic hydroxyl groups excluding tert-OH is 1. The normalized spacial score (nSPS) is 12.6. The first-order valence-electron chi connectivity index (χ1n) is 7.88. The van der Waals surface area contributed by atoms with Crippen molar-refractivity contribution in [2.45, 2.75) is 6.54 Å². The van der Waals surface area contributed by atoms with Gasteiger partial charge >= 0.3 is 0 Å². The summed E-state index contributed by atoms with van der Waals surface area (Å²) in [6.07, 6.45) is 3.14. The molecule has 0 aromatic heterocycles. The first-order valence-corrected chi connectivity index (χ1v) is 8.26. The van der Waals surface area contributed by atoms with Gasteiger partial charge in [0.05, 0.1) is 11.6 Å². The van der Waals surface area contributed by atoms with E-state index in [1.165, 1.54) is 6.08 Å². The second-order valence-electron chi connectivity index (χ2n) is 5.54. The van der Waals surface area contributed by atoms with Crippen molar-refractivity contribution in [2.24, 2.45) is 0 Å². The van der Waals surface area contributed by atoms with Crippen molar-refractivity contribution in [3.8, 4) is 11.5 Å². The molecule has 25 heavy (non-hydrogen) atoms. The van der Waals surface area contributed by atoms with E-state index in [0.717, 1.165) is 11.1 Å². The molecule has 2 aromatic carbocycles. The summed E-state index contributed by atoms with van der Waals surface area (Å²) >= 11 is 6.14. The molecule has 1 amide bonds. The van der Waals surface area contributed by atoms with Crippen LogP contribution >= 0.6 is 11.6 Å². The average molecular weight is 360 g/mol. The maximum absolute atomic E-state index is 12.5. The van der Waals surface area contributed by atoms with Gasteiger partial charge in [-0.15, -0.1) is 0 Å². The fourth-order valence-corrected chi connectivity index (χ4v) is 2.82. The molecule has 1 N–H and O–H groups in total. The Kier molecular flexibility index (Phi) is 5.58. The van der Waals surface area contributed by atoms with Crippen LogP contribution in [0.1, 0.15) is 11.1 Å². The molecular weight excluding hydrogens is 342 g/mol. The molecule has 0 saturated carbocycles. The molecular formula is C19H18ClNO4. The Labute approximate surface area is 151 Å². The Morgan fingerprint density at radius 3 is 2.80 bits per heavy atom. The molecule has 0 bridgehead atoms. The highest BCUT2D eigenvalue weighted by atomic mass is 35.5. The zero-order valence-electron chi connectivity index (χ0n) is 13.5. The van der Waals surface area contributed by atoms with Gasteiger partial charge in [0.15, 0.2) is 11.5 Å². The van der Waals surface area contributed by atoms with Gasteiger partial charge in [0.25, 0.3) is 0 Å². The van der Waals surface area contributed by atoms with Crippen molar-refractivity contribution in [2.75, 3.05) is 19.9 Å². The lowest BCUT2D eigenvalue weighted by Gasteiger charge is -2.20. The number of aliphatic hydroxyl groups is 1. The number of fused-ring (bicyclic) bond motifs is 1. The highest BCUT2D eigenvalue weighted by molar-refractivity contribution is 6.32. The highest BCUT2D eigenvalue weighted by Crippen LogP contribution is 2.40. The molecule has 3 rings (SSSR count). The Balaban J connectivity index is 1.72. The fourth-order valence-electron chi connectivity index (χ4n) is 2.55. The van der Waals surface area contributed by atoms with E-state index in [1.807, 2.05) is 30.3 Å². The third-order valence-corrected chi connectivity index (χ3v) is 4.05. The second kappa shape index (κ2) is 8.05. The minimum Gasteiger partial charge on any atom is -0.454 e. The van der Waals surface area contributed by atoms with Crippen LogP contribution in [0.2, 0.25) is 5.02 Å². The number of rotatable bonds is 6. The topological polar surface area (TPSA) is 59.0 Å². The Morgan fingerprint density at radius 1 is 1.24 bits per heavy atom. The third-order valence-electron chi connectivity index (χ3n) is 3.77. The van der Waals surface area contributed by atoms with Crippen LogP contribution in [0.4, 0.5) is 0 Å². The van der Waals surface area contributed by atoms with Gasteiger partial charge in [-0.25, -0.2) is 0 Å². The first-order chi connectivity index (χ1) is 12.2. The quantitative estimate of drug-likeness (QED) is 0.805. The summed E-state index contributed by atoms with van der Waals surface area (Å²) < 4.78 is 10.6. The summed E-state index contributed by atoms with van der Waals surface area (Å²) in [5.74, 6) is 0.902. The van der Waals surface area contributed by atoms with Gasteiger partial charge in [0, 0.05) is 19.2 Å². The van der Waals surface area contributed by atoms with E-state index >= 15 is 0 Å². The molecule has 1 heterocycles. The number of ether oxygens (including phenoxy) is 2. The van der Waals surface area contributed by atoms with Crippen LogP contribution in [0.15, 0.2) is 48.5 Å². The Morgan fingerprint density at radius 2 is 2.04 bits per heavy atom. The standard InChI is InChI=1S/C19H18ClNO4/c20-16-10-15(11-17-19(16)25-13-24-17)6-7-18(23)21(8-9-22)12-14-4-2-1-3-5-14/h1-7,10-11,22H,8-9,12-13H2/b7-6+. The molecule has 1 aliphatic rings. The molecule has 5 nitrogen and oxygen atoms in total. The molecule has 0 atom stereocenters. The molecule has 0 unspecified atom stereocenters. The SMILES string of the molecule is O=C(/C=C/c1cc(Cl)c2c(c1)OCO2)N(CCO)Cc1ccccc1. The van der Waals surface area contributed by atoms with Crippen molar-refractivity contribution in [3.05, 3.63) is 64.7 Å². The number of carbonyl (C=O) groups is 1. The van der Waals surface area contributed by atoms with E-state index in [9.17, 15) is 9.90 Å². The monoisotopic (exact) mass is 359 g/mol. The lowest BCUT2D eigenvalue weighted by atomic mass is 10.1. The number of halogens is 1. The van der Waals surface area contributed by atoms with Gasteiger partial charge in [-0.3, -0.25) is 4.79 Å². The number of hydrogen-bond donors (Lipinski definition) is 1. The first kappa shape index (κ1) is 17.3. The summed E-state index contributed by atoms with van der Waals surface area (Å²) in [7, 11) is 0. The molecule has 0 spiro atoms. The minimum atomic E-state index is -0.188. The van der Waals surface area contributed by atoms with E-state index in [1.54, 1.807) is 23.1 Å². The van der Waals surface area contributed by atoms with E-state index in [-0.39, 0.29) is 25.9 Å². The average Bonchev–Trinajstić information content (AvgIpc) is 3.09. The van der Waals surface area contributed by atoms with Gasteiger partial charge < -0.3 is 19.5 Å². The van der Waals surface area contributed by atoms with Crippen LogP contribution in [0.3, 0.4) is 0 Å². The molecule has 0 aliphatic carbocycles. The van der Waals surface area contributed by atoms with E-state index in [2.05, 4.69) is 0 Å². The van der Waals surface area contributed by atoms with Gasteiger partial charge in [0.1, 0.15) is 0 Å². The minimum absolute atomic E-state index is 0.0950. The van der Waals surface area contributed by atoms with Gasteiger partial charge in [-0.2, -0.15) is 0 Å². The number of amides is 1. The van der Waals surface area contributed by atoms with Crippen LogP contribution in [0.5, 0.6) is 11.5 Å². The van der Waals surface area contributed by atoms with Crippen molar-refractivity contribution in [1.82, 2.24) is 4.90 Å². The zero-order valence-corrected chi connectivity index (χ0v) is 14.3.